The summed E-state index contributed by atoms with van der Waals surface area (Å²) in [6, 6.07) is 23.1. The van der Waals surface area contributed by atoms with Crippen molar-refractivity contribution in [2.75, 3.05) is 5.43 Å². The summed E-state index contributed by atoms with van der Waals surface area (Å²) in [6.45, 7) is 0.106. The average molecular weight is 388 g/mol. The van der Waals surface area contributed by atoms with Crippen LogP contribution in [-0.2, 0) is 6.61 Å². The molecular weight excluding hydrogens is 371 g/mol. The van der Waals surface area contributed by atoms with Crippen LogP contribution in [0.4, 0.5) is 10.1 Å². The lowest BCUT2D eigenvalue weighted by molar-refractivity contribution is 0.242. The van der Waals surface area contributed by atoms with Crippen LogP contribution in [-0.4, -0.2) is 16.4 Å². The molecule has 0 aliphatic rings. The summed E-state index contributed by atoms with van der Waals surface area (Å²) in [4.78, 5) is 4.32. The lowest BCUT2D eigenvalue weighted by Gasteiger charge is -2.01. The van der Waals surface area contributed by atoms with E-state index in [0.29, 0.717) is 17.5 Å². The summed E-state index contributed by atoms with van der Waals surface area (Å²) in [5.74, 6) is 1.01. The second-order valence-electron chi connectivity index (χ2n) is 6.11. The van der Waals surface area contributed by atoms with E-state index in [1.807, 2.05) is 54.6 Å². The van der Waals surface area contributed by atoms with Gasteiger partial charge in [-0.2, -0.15) is 10.1 Å². The maximum atomic E-state index is 12.9. The summed E-state index contributed by atoms with van der Waals surface area (Å²) < 4.78 is 23.6. The first-order valence-corrected chi connectivity index (χ1v) is 8.92. The van der Waals surface area contributed by atoms with E-state index in [0.717, 1.165) is 16.8 Å². The maximum absolute atomic E-state index is 12.9. The Kier molecular flexibility index (Phi) is 5.57. The van der Waals surface area contributed by atoms with E-state index in [4.69, 9.17) is 9.26 Å². The normalized spacial score (nSPS) is 10.9. The van der Waals surface area contributed by atoms with Gasteiger partial charge in [0.25, 0.3) is 5.89 Å². The first-order valence-electron chi connectivity index (χ1n) is 8.92. The third-order valence-electron chi connectivity index (χ3n) is 3.99. The summed E-state index contributed by atoms with van der Waals surface area (Å²) in [6.07, 6.45) is 1.73. The molecule has 0 saturated heterocycles. The monoisotopic (exact) mass is 388 g/mol. The Labute approximate surface area is 166 Å². The SMILES string of the molecule is Fc1ccc(OCc2nc(-c3ccc(C=NNc4ccccc4)cc3)no2)cc1. The Morgan fingerprint density at radius 3 is 2.48 bits per heavy atom. The maximum Gasteiger partial charge on any atom is 0.264 e. The van der Waals surface area contributed by atoms with Gasteiger partial charge in [0, 0.05) is 5.56 Å². The lowest BCUT2D eigenvalue weighted by Crippen LogP contribution is -1.95. The van der Waals surface area contributed by atoms with Crippen molar-refractivity contribution in [3.63, 3.8) is 0 Å². The fourth-order valence-electron chi connectivity index (χ4n) is 2.52. The van der Waals surface area contributed by atoms with E-state index < -0.39 is 0 Å². The molecule has 0 saturated carbocycles. The third-order valence-corrected chi connectivity index (χ3v) is 3.99. The molecule has 4 aromatic rings. The Balaban J connectivity index is 1.34. The number of para-hydroxylation sites is 1. The van der Waals surface area contributed by atoms with Gasteiger partial charge in [0.15, 0.2) is 6.61 Å². The molecule has 1 N–H and O–H groups in total. The van der Waals surface area contributed by atoms with Crippen molar-refractivity contribution < 1.29 is 13.7 Å². The zero-order valence-electron chi connectivity index (χ0n) is 15.3. The van der Waals surface area contributed by atoms with Gasteiger partial charge in [0.2, 0.25) is 5.82 Å². The predicted molar refractivity (Wildman–Crippen MR) is 108 cm³/mol. The highest BCUT2D eigenvalue weighted by atomic mass is 19.1. The van der Waals surface area contributed by atoms with Crippen molar-refractivity contribution in [3.05, 3.63) is 96.1 Å². The van der Waals surface area contributed by atoms with Crippen molar-refractivity contribution in [2.24, 2.45) is 5.10 Å². The number of rotatable bonds is 7. The van der Waals surface area contributed by atoms with Crippen LogP contribution in [0.3, 0.4) is 0 Å². The molecule has 7 heteroatoms. The van der Waals surface area contributed by atoms with Crippen LogP contribution in [0.25, 0.3) is 11.4 Å². The van der Waals surface area contributed by atoms with E-state index >= 15 is 0 Å². The van der Waals surface area contributed by atoms with Gasteiger partial charge in [0.1, 0.15) is 11.6 Å². The highest BCUT2D eigenvalue weighted by Gasteiger charge is 2.09. The molecule has 0 unspecified atom stereocenters. The van der Waals surface area contributed by atoms with Crippen molar-refractivity contribution in [3.8, 4) is 17.1 Å². The van der Waals surface area contributed by atoms with E-state index in [1.165, 1.54) is 12.1 Å². The molecule has 0 aliphatic carbocycles. The Bertz CT molecular complexity index is 1080. The molecule has 0 amide bonds. The number of benzene rings is 3. The van der Waals surface area contributed by atoms with Crippen LogP contribution in [0.1, 0.15) is 11.5 Å². The topological polar surface area (TPSA) is 72.5 Å². The van der Waals surface area contributed by atoms with Crippen LogP contribution >= 0.6 is 0 Å². The molecule has 0 aliphatic heterocycles. The molecule has 0 spiro atoms. The van der Waals surface area contributed by atoms with Gasteiger partial charge in [0.05, 0.1) is 11.9 Å². The first-order chi connectivity index (χ1) is 14.3. The van der Waals surface area contributed by atoms with E-state index in [-0.39, 0.29) is 12.4 Å². The van der Waals surface area contributed by atoms with Gasteiger partial charge in [-0.05, 0) is 42.0 Å². The minimum absolute atomic E-state index is 0.106. The number of halogens is 1. The second kappa shape index (κ2) is 8.79. The molecule has 4 rings (SSSR count). The number of anilines is 1. The van der Waals surface area contributed by atoms with Crippen molar-refractivity contribution in [2.45, 2.75) is 6.61 Å². The Morgan fingerprint density at radius 1 is 0.966 bits per heavy atom. The number of ether oxygens (including phenoxy) is 1. The van der Waals surface area contributed by atoms with Crippen LogP contribution in [0.2, 0.25) is 0 Å². The minimum atomic E-state index is -0.318. The number of hydrogen-bond acceptors (Lipinski definition) is 6. The van der Waals surface area contributed by atoms with Crippen LogP contribution in [0, 0.1) is 5.82 Å². The lowest BCUT2D eigenvalue weighted by atomic mass is 10.1. The standard InChI is InChI=1S/C22H17FN4O2/c23-18-10-12-20(13-11-18)28-15-21-25-22(27-29-21)17-8-6-16(7-9-17)14-24-26-19-4-2-1-3-5-19/h1-14,26H,15H2. The van der Waals surface area contributed by atoms with E-state index in [9.17, 15) is 4.39 Å². The predicted octanol–water partition coefficient (Wildman–Crippen LogP) is 4.90. The van der Waals surface area contributed by atoms with E-state index in [1.54, 1.807) is 18.3 Å². The molecule has 0 radical (unpaired) electrons. The molecule has 6 nitrogen and oxygen atoms in total. The fourth-order valence-corrected chi connectivity index (χ4v) is 2.52. The number of aromatic nitrogens is 2. The minimum Gasteiger partial charge on any atom is -0.484 e. The Morgan fingerprint density at radius 2 is 1.72 bits per heavy atom. The third kappa shape index (κ3) is 5.04. The average Bonchev–Trinajstić information content (AvgIpc) is 3.24. The number of nitrogens with one attached hydrogen (secondary N) is 1. The molecule has 144 valence electrons. The molecule has 0 bridgehead atoms. The van der Waals surface area contributed by atoms with E-state index in [2.05, 4.69) is 20.7 Å². The van der Waals surface area contributed by atoms with Gasteiger partial charge in [-0.15, -0.1) is 0 Å². The van der Waals surface area contributed by atoms with Gasteiger partial charge in [-0.25, -0.2) is 4.39 Å². The van der Waals surface area contributed by atoms with Crippen LogP contribution in [0.5, 0.6) is 5.75 Å². The van der Waals surface area contributed by atoms with Crippen molar-refractivity contribution >= 4 is 11.9 Å². The van der Waals surface area contributed by atoms with Crippen molar-refractivity contribution in [1.29, 1.82) is 0 Å². The van der Waals surface area contributed by atoms with Gasteiger partial charge in [-0.3, -0.25) is 5.43 Å². The summed E-state index contributed by atoms with van der Waals surface area (Å²) in [5, 5.41) is 8.18. The summed E-state index contributed by atoms with van der Waals surface area (Å²) >= 11 is 0. The second-order valence-corrected chi connectivity index (χ2v) is 6.11. The van der Waals surface area contributed by atoms with Crippen molar-refractivity contribution in [1.82, 2.24) is 10.1 Å². The van der Waals surface area contributed by atoms with Gasteiger partial charge in [-0.1, -0.05) is 47.6 Å². The molecule has 1 aromatic heterocycles. The highest BCUT2D eigenvalue weighted by molar-refractivity contribution is 5.81. The molecule has 0 fully saturated rings. The summed E-state index contributed by atoms with van der Waals surface area (Å²) in [5.41, 5.74) is 5.63. The van der Waals surface area contributed by atoms with Gasteiger partial charge < -0.3 is 9.26 Å². The fraction of sp³-hybridized carbons (Fsp3) is 0.0455. The zero-order valence-corrected chi connectivity index (χ0v) is 15.3. The number of hydrogen-bond donors (Lipinski definition) is 1. The number of nitrogens with zero attached hydrogens (tertiary/aromatic N) is 3. The zero-order chi connectivity index (χ0) is 19.9. The smallest absolute Gasteiger partial charge is 0.264 e. The molecular formula is C22H17FN4O2. The van der Waals surface area contributed by atoms with Crippen LogP contribution in [0.15, 0.2) is 88.5 Å². The molecule has 0 atom stereocenters. The molecule has 3 aromatic carbocycles. The largest absolute Gasteiger partial charge is 0.484 e. The summed E-state index contributed by atoms with van der Waals surface area (Å²) in [7, 11) is 0. The number of hydrazone groups is 1. The highest BCUT2D eigenvalue weighted by Crippen LogP contribution is 2.18. The van der Waals surface area contributed by atoms with Gasteiger partial charge >= 0.3 is 0 Å². The Hall–Kier alpha value is -4.00. The molecule has 1 heterocycles. The molecule has 29 heavy (non-hydrogen) atoms. The quantitative estimate of drug-likeness (QED) is 0.360. The van der Waals surface area contributed by atoms with Crippen LogP contribution < -0.4 is 10.2 Å². The first kappa shape index (κ1) is 18.4.